The van der Waals surface area contributed by atoms with Gasteiger partial charge in [-0.05, 0) is 18.9 Å². The highest BCUT2D eigenvalue weighted by molar-refractivity contribution is 7.09. The number of carbonyl (C=O) groups is 1. The van der Waals surface area contributed by atoms with Crippen molar-refractivity contribution in [2.45, 2.75) is 57.2 Å². The molecule has 4 heterocycles. The fraction of sp³-hybridized carbons (Fsp3) is 0.480. The summed E-state index contributed by atoms with van der Waals surface area (Å²) in [6.07, 6.45) is -10.3. The number of hydrogen-bond acceptors (Lipinski definition) is 9. The molecular formula is C25H23F6N5O6S. The number of aromatic nitrogens is 3. The van der Waals surface area contributed by atoms with E-state index < -0.39 is 47.4 Å². The van der Waals surface area contributed by atoms with Crippen molar-refractivity contribution in [1.29, 1.82) is 0 Å². The summed E-state index contributed by atoms with van der Waals surface area (Å²) in [4.78, 5) is 29.6. The van der Waals surface area contributed by atoms with Crippen LogP contribution in [0.25, 0.3) is 0 Å². The number of thiazole rings is 1. The summed E-state index contributed by atoms with van der Waals surface area (Å²) in [6.45, 7) is -0.809. The van der Waals surface area contributed by atoms with Gasteiger partial charge in [0, 0.05) is 42.1 Å². The quantitative estimate of drug-likeness (QED) is 0.199. The average Bonchev–Trinajstić information content (AvgIpc) is 3.56. The van der Waals surface area contributed by atoms with Gasteiger partial charge in [0.1, 0.15) is 23.7 Å². The standard InChI is InChI=1S/C25H23F6N5O6S/c1-40-18-3-2-17(36(38)39)14-10-41-23(42-11-15(14)18)16-12-43-22(32-16)13-4-6-34(7-5-13)21(37)9-35-20(25(29,30)31)8-19(33-35)24(26,27)28/h2-3,8,12-13,23H,4-7,9-11H2,1H3. The molecule has 0 spiro atoms. The lowest BCUT2D eigenvalue weighted by molar-refractivity contribution is -0.386. The monoisotopic (exact) mass is 635 g/mol. The molecule has 2 aromatic heterocycles. The molecule has 11 nitrogen and oxygen atoms in total. The van der Waals surface area contributed by atoms with Crippen molar-refractivity contribution in [2.75, 3.05) is 20.2 Å². The lowest BCUT2D eigenvalue weighted by Crippen LogP contribution is -2.40. The van der Waals surface area contributed by atoms with Gasteiger partial charge in [0.05, 0.1) is 35.8 Å². The number of halogens is 6. The van der Waals surface area contributed by atoms with E-state index in [-0.39, 0.29) is 48.7 Å². The Labute approximate surface area is 243 Å². The molecule has 1 fully saturated rings. The first kappa shape index (κ1) is 30.7. The van der Waals surface area contributed by atoms with E-state index in [0.717, 1.165) is 0 Å². The van der Waals surface area contributed by atoms with E-state index in [1.54, 1.807) is 5.38 Å². The minimum Gasteiger partial charge on any atom is -0.496 e. The minimum absolute atomic E-state index is 0.0189. The maximum absolute atomic E-state index is 13.3. The molecule has 2 aliphatic rings. The van der Waals surface area contributed by atoms with Crippen molar-refractivity contribution in [2.24, 2.45) is 0 Å². The van der Waals surface area contributed by atoms with Crippen LogP contribution >= 0.6 is 11.3 Å². The number of ether oxygens (including phenoxy) is 3. The second kappa shape index (κ2) is 11.7. The molecule has 1 aromatic carbocycles. The summed E-state index contributed by atoms with van der Waals surface area (Å²) in [7, 11) is 1.44. The smallest absolute Gasteiger partial charge is 0.435 e. The normalized spacial score (nSPS) is 18.3. The molecule has 3 aromatic rings. The topological polar surface area (TPSA) is 122 Å². The second-order valence-electron chi connectivity index (χ2n) is 9.79. The van der Waals surface area contributed by atoms with Crippen LogP contribution in [0.15, 0.2) is 23.6 Å². The number of nitro benzene ring substituents is 1. The molecule has 0 bridgehead atoms. The number of hydrogen-bond donors (Lipinski definition) is 0. The van der Waals surface area contributed by atoms with Crippen molar-refractivity contribution in [1.82, 2.24) is 19.7 Å². The van der Waals surface area contributed by atoms with Crippen molar-refractivity contribution < 1.29 is 50.3 Å². The van der Waals surface area contributed by atoms with Crippen LogP contribution in [0.3, 0.4) is 0 Å². The molecule has 0 aliphatic carbocycles. The number of amides is 1. The lowest BCUT2D eigenvalue weighted by atomic mass is 9.97. The Bertz CT molecular complexity index is 1520. The highest BCUT2D eigenvalue weighted by atomic mass is 32.1. The molecule has 1 amide bonds. The number of nitrogens with zero attached hydrogens (tertiary/aromatic N) is 5. The minimum atomic E-state index is -5.12. The third-order valence-corrected chi connectivity index (χ3v) is 8.19. The Morgan fingerprint density at radius 2 is 1.79 bits per heavy atom. The van der Waals surface area contributed by atoms with Crippen LogP contribution in [0.2, 0.25) is 0 Å². The summed E-state index contributed by atoms with van der Waals surface area (Å²) in [5.74, 6) is -0.461. The lowest BCUT2D eigenvalue weighted by Gasteiger charge is -2.31. The fourth-order valence-corrected chi connectivity index (χ4v) is 5.97. The Hall–Kier alpha value is -3.77. The first-order chi connectivity index (χ1) is 20.3. The number of benzene rings is 1. The van der Waals surface area contributed by atoms with Gasteiger partial charge in [-0.15, -0.1) is 11.3 Å². The van der Waals surface area contributed by atoms with Gasteiger partial charge >= 0.3 is 12.4 Å². The van der Waals surface area contributed by atoms with Crippen LogP contribution in [0, 0.1) is 10.1 Å². The second-order valence-corrected chi connectivity index (χ2v) is 10.7. The molecule has 43 heavy (non-hydrogen) atoms. The molecule has 18 heteroatoms. The van der Waals surface area contributed by atoms with Crippen LogP contribution in [-0.2, 0) is 46.4 Å². The van der Waals surface area contributed by atoms with Gasteiger partial charge in [0.15, 0.2) is 5.69 Å². The predicted octanol–water partition coefficient (Wildman–Crippen LogP) is 5.45. The third kappa shape index (κ3) is 6.45. The Morgan fingerprint density at radius 3 is 2.40 bits per heavy atom. The SMILES string of the molecule is COc1ccc([N+](=O)[O-])c2c1COC(c1csc(C3CCN(C(=O)Cn4nc(C(F)(F)F)cc4C(F)(F)F)CC3)n1)OC2. The van der Waals surface area contributed by atoms with E-state index >= 15 is 0 Å². The Balaban J connectivity index is 1.21. The Kier molecular flexibility index (Phi) is 8.36. The molecule has 0 saturated carbocycles. The van der Waals surface area contributed by atoms with E-state index in [2.05, 4.69) is 10.1 Å². The van der Waals surface area contributed by atoms with E-state index in [1.165, 1.54) is 35.5 Å². The number of carbonyl (C=O) groups excluding carboxylic acids is 1. The molecule has 1 unspecified atom stereocenters. The Morgan fingerprint density at radius 1 is 1.12 bits per heavy atom. The molecule has 5 rings (SSSR count). The summed E-state index contributed by atoms with van der Waals surface area (Å²) in [5.41, 5.74) is -2.22. The molecule has 0 radical (unpaired) electrons. The number of alkyl halides is 6. The van der Waals surface area contributed by atoms with Crippen LogP contribution < -0.4 is 4.74 Å². The van der Waals surface area contributed by atoms with E-state index in [1.807, 2.05) is 0 Å². The van der Waals surface area contributed by atoms with Crippen LogP contribution in [-0.4, -0.2) is 50.7 Å². The van der Waals surface area contributed by atoms with E-state index in [4.69, 9.17) is 14.2 Å². The third-order valence-electron chi connectivity index (χ3n) is 7.16. The maximum atomic E-state index is 13.3. The number of fused-ring (bicyclic) bond motifs is 1. The van der Waals surface area contributed by atoms with Crippen LogP contribution in [0.5, 0.6) is 5.75 Å². The molecule has 232 valence electrons. The zero-order valence-corrected chi connectivity index (χ0v) is 23.1. The van der Waals surface area contributed by atoms with E-state index in [0.29, 0.717) is 40.4 Å². The molecule has 1 atom stereocenters. The first-order valence-electron chi connectivity index (χ1n) is 12.8. The molecule has 0 N–H and O–H groups in total. The number of likely N-dealkylation sites (tertiary alicyclic amines) is 1. The predicted molar refractivity (Wildman–Crippen MR) is 135 cm³/mol. The average molecular weight is 636 g/mol. The summed E-state index contributed by atoms with van der Waals surface area (Å²) in [5, 5.41) is 16.9. The summed E-state index contributed by atoms with van der Waals surface area (Å²) < 4.78 is 95.8. The van der Waals surface area contributed by atoms with Gasteiger partial charge in [-0.25, -0.2) is 4.98 Å². The molecule has 2 aliphatic heterocycles. The van der Waals surface area contributed by atoms with Gasteiger partial charge < -0.3 is 19.1 Å². The summed E-state index contributed by atoms with van der Waals surface area (Å²) in [6, 6.07) is 2.71. The number of piperidine rings is 1. The largest absolute Gasteiger partial charge is 0.496 e. The van der Waals surface area contributed by atoms with Crippen molar-refractivity contribution in [3.8, 4) is 5.75 Å². The zero-order chi connectivity index (χ0) is 31.1. The van der Waals surface area contributed by atoms with Gasteiger partial charge in [0.2, 0.25) is 12.2 Å². The van der Waals surface area contributed by atoms with E-state index in [9.17, 15) is 41.3 Å². The first-order valence-corrected chi connectivity index (χ1v) is 13.7. The van der Waals surface area contributed by atoms with Crippen molar-refractivity contribution in [3.63, 3.8) is 0 Å². The number of rotatable bonds is 6. The molecule has 1 saturated heterocycles. The number of nitro groups is 1. The molecular weight excluding hydrogens is 612 g/mol. The van der Waals surface area contributed by atoms with Gasteiger partial charge in [-0.2, -0.15) is 31.4 Å². The fourth-order valence-electron chi connectivity index (χ4n) is 4.98. The van der Waals surface area contributed by atoms with Crippen LogP contribution in [0.4, 0.5) is 32.0 Å². The number of methoxy groups -OCH3 is 1. The van der Waals surface area contributed by atoms with Crippen LogP contribution in [0.1, 0.15) is 58.3 Å². The van der Waals surface area contributed by atoms with Crippen molar-refractivity contribution in [3.05, 3.63) is 66.9 Å². The highest BCUT2D eigenvalue weighted by Crippen LogP contribution is 2.39. The zero-order valence-electron chi connectivity index (χ0n) is 22.3. The maximum Gasteiger partial charge on any atom is 0.435 e. The highest BCUT2D eigenvalue weighted by Gasteiger charge is 2.42. The van der Waals surface area contributed by atoms with Gasteiger partial charge in [-0.1, -0.05) is 0 Å². The van der Waals surface area contributed by atoms with Gasteiger partial charge in [0.25, 0.3) is 5.69 Å². The van der Waals surface area contributed by atoms with Crippen molar-refractivity contribution >= 4 is 22.9 Å². The summed E-state index contributed by atoms with van der Waals surface area (Å²) >= 11 is 1.32. The van der Waals surface area contributed by atoms with Gasteiger partial charge in [-0.3, -0.25) is 19.6 Å².